The molecule has 0 amide bonds. The van der Waals surface area contributed by atoms with Crippen LogP contribution in [0.25, 0.3) is 0 Å². The van der Waals surface area contributed by atoms with Crippen molar-refractivity contribution in [2.75, 3.05) is 17.6 Å². The Morgan fingerprint density at radius 2 is 2.17 bits per heavy atom. The molecule has 3 N–H and O–H groups in total. The van der Waals surface area contributed by atoms with Gasteiger partial charge in [-0.05, 0) is 34.8 Å². The third-order valence-corrected chi connectivity index (χ3v) is 3.39. The van der Waals surface area contributed by atoms with E-state index in [9.17, 15) is 0 Å². The summed E-state index contributed by atoms with van der Waals surface area (Å²) in [4.78, 5) is 8.04. The van der Waals surface area contributed by atoms with Crippen molar-refractivity contribution in [1.29, 1.82) is 0 Å². The molecule has 1 aromatic carbocycles. The van der Waals surface area contributed by atoms with Crippen molar-refractivity contribution in [2.24, 2.45) is 0 Å². The zero-order chi connectivity index (χ0) is 13.0. The lowest BCUT2D eigenvalue weighted by Gasteiger charge is -2.08. The van der Waals surface area contributed by atoms with Gasteiger partial charge in [-0.1, -0.05) is 29.8 Å². The summed E-state index contributed by atoms with van der Waals surface area (Å²) >= 11 is 3.37. The highest BCUT2D eigenvalue weighted by molar-refractivity contribution is 9.10. The third kappa shape index (κ3) is 3.20. The normalized spacial score (nSPS) is 10.3. The molecule has 2 aromatic rings. The zero-order valence-electron chi connectivity index (χ0n) is 10.2. The maximum absolute atomic E-state index is 5.69. The van der Waals surface area contributed by atoms with Crippen LogP contribution in [0.15, 0.2) is 35.1 Å². The zero-order valence-corrected chi connectivity index (χ0v) is 11.7. The van der Waals surface area contributed by atoms with Gasteiger partial charge in [0.2, 0.25) is 0 Å². The maximum Gasteiger partial charge on any atom is 0.145 e. The number of anilines is 2. The molecule has 5 heteroatoms. The Morgan fingerprint density at radius 1 is 1.33 bits per heavy atom. The third-order valence-electron chi connectivity index (χ3n) is 2.61. The first kappa shape index (κ1) is 12.8. The van der Waals surface area contributed by atoms with Gasteiger partial charge in [-0.3, -0.25) is 0 Å². The number of benzene rings is 1. The summed E-state index contributed by atoms with van der Waals surface area (Å²) in [6, 6.07) is 8.48. The average molecular weight is 307 g/mol. The highest BCUT2D eigenvalue weighted by Crippen LogP contribution is 2.23. The SMILES string of the molecule is Cc1cccc(CCNc2ncnc(N)c2Br)c1. The number of halogens is 1. The van der Waals surface area contributed by atoms with Crippen molar-refractivity contribution >= 4 is 27.6 Å². The molecule has 1 heterocycles. The Hall–Kier alpha value is -1.62. The molecular formula is C13H15BrN4. The van der Waals surface area contributed by atoms with Crippen molar-refractivity contribution in [2.45, 2.75) is 13.3 Å². The maximum atomic E-state index is 5.69. The fourth-order valence-electron chi connectivity index (χ4n) is 1.70. The van der Waals surface area contributed by atoms with Crippen LogP contribution in [-0.2, 0) is 6.42 Å². The predicted octanol–water partition coefficient (Wildman–Crippen LogP) is 2.78. The molecule has 0 aliphatic rings. The smallest absolute Gasteiger partial charge is 0.145 e. The van der Waals surface area contributed by atoms with E-state index in [2.05, 4.69) is 62.4 Å². The van der Waals surface area contributed by atoms with Gasteiger partial charge in [0.05, 0.1) is 0 Å². The lowest BCUT2D eigenvalue weighted by atomic mass is 10.1. The van der Waals surface area contributed by atoms with Gasteiger partial charge in [-0.2, -0.15) is 0 Å². The van der Waals surface area contributed by atoms with E-state index < -0.39 is 0 Å². The molecule has 0 spiro atoms. The van der Waals surface area contributed by atoms with Crippen LogP contribution in [-0.4, -0.2) is 16.5 Å². The first-order valence-corrected chi connectivity index (χ1v) is 6.51. The first-order valence-electron chi connectivity index (χ1n) is 5.72. The number of nitrogen functional groups attached to an aromatic ring is 1. The van der Waals surface area contributed by atoms with E-state index in [1.165, 1.54) is 17.5 Å². The molecule has 94 valence electrons. The van der Waals surface area contributed by atoms with E-state index in [1.54, 1.807) is 0 Å². The molecule has 0 radical (unpaired) electrons. The summed E-state index contributed by atoms with van der Waals surface area (Å²) in [6.45, 7) is 2.90. The lowest BCUT2D eigenvalue weighted by Crippen LogP contribution is -2.08. The number of nitrogens with zero attached hydrogens (tertiary/aromatic N) is 2. The van der Waals surface area contributed by atoms with Crippen LogP contribution in [0, 0.1) is 6.92 Å². The molecule has 0 saturated heterocycles. The van der Waals surface area contributed by atoms with Crippen molar-refractivity contribution in [3.05, 3.63) is 46.2 Å². The largest absolute Gasteiger partial charge is 0.383 e. The van der Waals surface area contributed by atoms with Crippen LogP contribution in [0.5, 0.6) is 0 Å². The summed E-state index contributed by atoms with van der Waals surface area (Å²) in [7, 11) is 0. The molecule has 2 rings (SSSR count). The van der Waals surface area contributed by atoms with E-state index in [4.69, 9.17) is 5.73 Å². The van der Waals surface area contributed by atoms with Crippen molar-refractivity contribution in [3.63, 3.8) is 0 Å². The van der Waals surface area contributed by atoms with Crippen LogP contribution in [0.4, 0.5) is 11.6 Å². The standard InChI is InChI=1S/C13H15BrN4/c1-9-3-2-4-10(7-9)5-6-16-13-11(14)12(15)17-8-18-13/h2-4,7-8H,5-6H2,1H3,(H3,15,16,17,18). The summed E-state index contributed by atoms with van der Waals surface area (Å²) < 4.78 is 0.717. The second kappa shape index (κ2) is 5.82. The Bertz CT molecular complexity index is 542. The quantitative estimate of drug-likeness (QED) is 0.911. The average Bonchev–Trinajstić information content (AvgIpc) is 2.35. The second-order valence-electron chi connectivity index (χ2n) is 4.09. The second-order valence-corrected chi connectivity index (χ2v) is 4.88. The summed E-state index contributed by atoms with van der Waals surface area (Å²) in [6.07, 6.45) is 2.40. The minimum absolute atomic E-state index is 0.447. The van der Waals surface area contributed by atoms with E-state index in [-0.39, 0.29) is 0 Å². The molecule has 1 aromatic heterocycles. The van der Waals surface area contributed by atoms with Gasteiger partial charge < -0.3 is 11.1 Å². The van der Waals surface area contributed by atoms with Gasteiger partial charge in [0.1, 0.15) is 22.4 Å². The van der Waals surface area contributed by atoms with Crippen molar-refractivity contribution in [3.8, 4) is 0 Å². The fourth-order valence-corrected chi connectivity index (χ4v) is 2.04. The van der Waals surface area contributed by atoms with Crippen LogP contribution >= 0.6 is 15.9 Å². The van der Waals surface area contributed by atoms with Crippen molar-refractivity contribution in [1.82, 2.24) is 9.97 Å². The Labute approximate surface area is 115 Å². The summed E-state index contributed by atoms with van der Waals surface area (Å²) in [5.74, 6) is 1.18. The molecule has 0 fully saturated rings. The number of hydrogen-bond acceptors (Lipinski definition) is 4. The molecule has 0 unspecified atom stereocenters. The van der Waals surface area contributed by atoms with Crippen LogP contribution < -0.4 is 11.1 Å². The van der Waals surface area contributed by atoms with E-state index in [1.807, 2.05) is 0 Å². The summed E-state index contributed by atoms with van der Waals surface area (Å²) in [5.41, 5.74) is 8.27. The molecule has 0 atom stereocenters. The predicted molar refractivity (Wildman–Crippen MR) is 77.5 cm³/mol. The van der Waals surface area contributed by atoms with Gasteiger partial charge in [0.25, 0.3) is 0 Å². The molecule has 18 heavy (non-hydrogen) atoms. The fraction of sp³-hybridized carbons (Fsp3) is 0.231. The van der Waals surface area contributed by atoms with E-state index in [0.29, 0.717) is 10.3 Å². The minimum atomic E-state index is 0.447. The Morgan fingerprint density at radius 3 is 2.94 bits per heavy atom. The number of hydrogen-bond donors (Lipinski definition) is 2. The molecule has 4 nitrogen and oxygen atoms in total. The molecular weight excluding hydrogens is 292 g/mol. The van der Waals surface area contributed by atoms with Gasteiger partial charge in [-0.15, -0.1) is 0 Å². The topological polar surface area (TPSA) is 63.8 Å². The van der Waals surface area contributed by atoms with Gasteiger partial charge in [0, 0.05) is 6.54 Å². The minimum Gasteiger partial charge on any atom is -0.383 e. The highest BCUT2D eigenvalue weighted by atomic mass is 79.9. The van der Waals surface area contributed by atoms with Gasteiger partial charge in [-0.25, -0.2) is 9.97 Å². The van der Waals surface area contributed by atoms with Crippen LogP contribution in [0.2, 0.25) is 0 Å². The Kier molecular flexibility index (Phi) is 4.15. The first-order chi connectivity index (χ1) is 8.66. The van der Waals surface area contributed by atoms with Crippen LogP contribution in [0.3, 0.4) is 0 Å². The Balaban J connectivity index is 1.94. The monoisotopic (exact) mass is 306 g/mol. The number of nitrogens with one attached hydrogen (secondary N) is 1. The molecule has 0 saturated carbocycles. The lowest BCUT2D eigenvalue weighted by molar-refractivity contribution is 0.995. The number of aromatic nitrogens is 2. The number of rotatable bonds is 4. The van der Waals surface area contributed by atoms with Crippen molar-refractivity contribution < 1.29 is 0 Å². The van der Waals surface area contributed by atoms with E-state index in [0.717, 1.165) is 18.8 Å². The highest BCUT2D eigenvalue weighted by Gasteiger charge is 2.04. The molecule has 0 aliphatic carbocycles. The number of aryl methyl sites for hydroxylation is 1. The summed E-state index contributed by atoms with van der Waals surface area (Å²) in [5, 5.41) is 3.24. The molecule has 0 aliphatic heterocycles. The van der Waals surface area contributed by atoms with Gasteiger partial charge in [0.15, 0.2) is 0 Å². The van der Waals surface area contributed by atoms with E-state index >= 15 is 0 Å². The number of nitrogens with two attached hydrogens (primary N) is 1. The van der Waals surface area contributed by atoms with Gasteiger partial charge >= 0.3 is 0 Å². The van der Waals surface area contributed by atoms with Crippen LogP contribution in [0.1, 0.15) is 11.1 Å². The molecule has 0 bridgehead atoms.